The molecule has 13 heteroatoms. The maximum Gasteiger partial charge on any atom is 0.293 e. The molecular formula is C22H40N6O6S. The van der Waals surface area contributed by atoms with Crippen molar-refractivity contribution in [3.05, 3.63) is 28.3 Å². The first-order valence-corrected chi connectivity index (χ1v) is 13.5. The molecular weight excluding hydrogens is 476 g/mol. The fourth-order valence-electron chi connectivity index (χ4n) is 4.27. The summed E-state index contributed by atoms with van der Waals surface area (Å²) in [5, 5.41) is 26.6. The lowest BCUT2D eigenvalue weighted by Crippen LogP contribution is -2.44. The van der Waals surface area contributed by atoms with Crippen LogP contribution in [0.4, 0.5) is 11.4 Å². The van der Waals surface area contributed by atoms with Crippen LogP contribution in [0.15, 0.2) is 23.1 Å². The van der Waals surface area contributed by atoms with Crippen LogP contribution in [-0.2, 0) is 19.5 Å². The van der Waals surface area contributed by atoms with Gasteiger partial charge in [0.15, 0.2) is 0 Å². The Morgan fingerprint density at radius 1 is 1.09 bits per heavy atom. The van der Waals surface area contributed by atoms with Gasteiger partial charge in [-0.3, -0.25) is 10.1 Å². The van der Waals surface area contributed by atoms with E-state index in [9.17, 15) is 18.5 Å². The summed E-state index contributed by atoms with van der Waals surface area (Å²) in [7, 11) is -0.692. The number of sulfonamides is 1. The molecule has 2 aliphatic heterocycles. The largest absolute Gasteiger partial charge is 0.383 e. The van der Waals surface area contributed by atoms with E-state index in [0.717, 1.165) is 58.2 Å². The van der Waals surface area contributed by atoms with Gasteiger partial charge in [0.1, 0.15) is 5.69 Å². The third kappa shape index (κ3) is 9.95. The number of piperidine rings is 2. The van der Waals surface area contributed by atoms with Gasteiger partial charge in [0.25, 0.3) is 5.69 Å². The average molecular weight is 517 g/mol. The van der Waals surface area contributed by atoms with E-state index in [2.05, 4.69) is 16.0 Å². The highest BCUT2D eigenvalue weighted by molar-refractivity contribution is 7.89. The molecule has 1 aromatic rings. The summed E-state index contributed by atoms with van der Waals surface area (Å²) in [5.41, 5.74) is 0.118. The molecule has 1 aromatic carbocycles. The molecule has 0 unspecified atom stereocenters. The average Bonchev–Trinajstić information content (AvgIpc) is 2.85. The smallest absolute Gasteiger partial charge is 0.293 e. The second-order valence-corrected chi connectivity index (χ2v) is 10.2. The normalized spacial score (nSPS) is 17.5. The summed E-state index contributed by atoms with van der Waals surface area (Å²) in [5.74, 6) is 0. The van der Waals surface area contributed by atoms with E-state index in [4.69, 9.17) is 14.6 Å². The Morgan fingerprint density at radius 3 is 2.23 bits per heavy atom. The lowest BCUT2D eigenvalue weighted by Gasteiger charge is -2.36. The quantitative estimate of drug-likeness (QED) is 0.184. The molecule has 12 nitrogen and oxygen atoms in total. The van der Waals surface area contributed by atoms with Gasteiger partial charge < -0.3 is 30.3 Å². The van der Waals surface area contributed by atoms with E-state index in [-0.39, 0.29) is 16.6 Å². The van der Waals surface area contributed by atoms with Crippen LogP contribution < -0.4 is 26.0 Å². The molecule has 0 aliphatic carbocycles. The van der Waals surface area contributed by atoms with Crippen molar-refractivity contribution in [1.29, 1.82) is 0 Å². The van der Waals surface area contributed by atoms with E-state index in [1.54, 1.807) is 14.2 Å². The molecule has 5 N–H and O–H groups in total. The van der Waals surface area contributed by atoms with Crippen molar-refractivity contribution in [3.63, 3.8) is 0 Å². The van der Waals surface area contributed by atoms with Gasteiger partial charge in [-0.2, -0.15) is 0 Å². The zero-order valence-electron chi connectivity index (χ0n) is 20.7. The molecule has 0 bridgehead atoms. The zero-order chi connectivity index (χ0) is 25.7. The van der Waals surface area contributed by atoms with Crippen LogP contribution in [0.1, 0.15) is 25.7 Å². The Labute approximate surface area is 208 Å². The molecule has 2 fully saturated rings. The van der Waals surface area contributed by atoms with Crippen LogP contribution in [0.25, 0.3) is 0 Å². The van der Waals surface area contributed by atoms with Crippen molar-refractivity contribution < 1.29 is 22.8 Å². The van der Waals surface area contributed by atoms with Crippen LogP contribution >= 0.6 is 0 Å². The number of primary sulfonamides is 1. The standard InChI is InChI=1S/C14H22N4O5S.C8H18N2O/c1-23-9-8-17(11-4-6-16-7-5-11)13-3-2-12(24(15,21)22)10-14(13)18(19)20;1-11-7-6-10-8-2-4-9-5-3-8/h2-3,10-11,16H,4-9H2,1H3,(H2,15,21,22);8-10H,2-7H2,1H3. The number of rotatable bonds is 11. The highest BCUT2D eigenvalue weighted by atomic mass is 32.2. The monoisotopic (exact) mass is 516 g/mol. The summed E-state index contributed by atoms with van der Waals surface area (Å²) in [6.07, 6.45) is 4.20. The Kier molecular flexibility index (Phi) is 12.8. The predicted molar refractivity (Wildman–Crippen MR) is 135 cm³/mol. The van der Waals surface area contributed by atoms with Gasteiger partial charge in [-0.25, -0.2) is 13.6 Å². The third-order valence-electron chi connectivity index (χ3n) is 6.15. The number of benzene rings is 1. The Hall–Kier alpha value is -1.87. The third-order valence-corrected chi connectivity index (χ3v) is 7.06. The van der Waals surface area contributed by atoms with E-state index in [1.807, 2.05) is 4.90 Å². The minimum atomic E-state index is -4.00. The molecule has 35 heavy (non-hydrogen) atoms. The Bertz CT molecular complexity index is 875. The number of ether oxygens (including phenoxy) is 2. The second-order valence-electron chi connectivity index (χ2n) is 8.59. The topological polar surface area (TPSA) is 161 Å². The maximum atomic E-state index is 11.5. The summed E-state index contributed by atoms with van der Waals surface area (Å²) >= 11 is 0. The number of nitro benzene ring substituents is 1. The summed E-state index contributed by atoms with van der Waals surface area (Å²) in [4.78, 5) is 12.5. The van der Waals surface area contributed by atoms with E-state index >= 15 is 0 Å². The molecule has 2 saturated heterocycles. The lowest BCUT2D eigenvalue weighted by atomic mass is 10.0. The fraction of sp³-hybridized carbons (Fsp3) is 0.727. The number of hydrogen-bond acceptors (Lipinski definition) is 10. The van der Waals surface area contributed by atoms with Crippen molar-refractivity contribution in [2.75, 3.05) is 71.6 Å². The van der Waals surface area contributed by atoms with Gasteiger partial charge in [-0.05, 0) is 64.0 Å². The molecule has 3 rings (SSSR count). The van der Waals surface area contributed by atoms with E-state index in [1.165, 1.54) is 25.0 Å². The van der Waals surface area contributed by atoms with Crippen LogP contribution in [0.5, 0.6) is 0 Å². The molecule has 2 heterocycles. The van der Waals surface area contributed by atoms with Crippen molar-refractivity contribution in [3.8, 4) is 0 Å². The first kappa shape index (κ1) is 29.4. The van der Waals surface area contributed by atoms with Crippen molar-refractivity contribution >= 4 is 21.4 Å². The summed E-state index contributed by atoms with van der Waals surface area (Å²) in [6, 6.07) is 4.62. The highest BCUT2D eigenvalue weighted by Gasteiger charge is 2.28. The number of nitro groups is 1. The van der Waals surface area contributed by atoms with Gasteiger partial charge in [0, 0.05) is 45.5 Å². The maximum absolute atomic E-state index is 11.5. The van der Waals surface area contributed by atoms with Crippen LogP contribution in [-0.4, -0.2) is 92.1 Å². The fourth-order valence-corrected chi connectivity index (χ4v) is 4.80. The van der Waals surface area contributed by atoms with Crippen LogP contribution in [0.2, 0.25) is 0 Å². The van der Waals surface area contributed by atoms with Crippen LogP contribution in [0.3, 0.4) is 0 Å². The van der Waals surface area contributed by atoms with Gasteiger partial charge in [-0.1, -0.05) is 0 Å². The number of anilines is 1. The number of nitrogens with two attached hydrogens (primary N) is 1. The molecule has 0 saturated carbocycles. The predicted octanol–water partition coefficient (Wildman–Crippen LogP) is 0.421. The van der Waals surface area contributed by atoms with Crippen molar-refractivity contribution in [2.24, 2.45) is 5.14 Å². The number of nitrogens with zero attached hydrogens (tertiary/aromatic N) is 2. The minimum absolute atomic E-state index is 0.125. The number of methoxy groups -OCH3 is 2. The summed E-state index contributed by atoms with van der Waals surface area (Å²) < 4.78 is 33.0. The van der Waals surface area contributed by atoms with Gasteiger partial charge >= 0.3 is 0 Å². The van der Waals surface area contributed by atoms with Gasteiger partial charge in [0.05, 0.1) is 23.0 Å². The molecule has 0 radical (unpaired) electrons. The van der Waals surface area contributed by atoms with E-state index in [0.29, 0.717) is 24.9 Å². The first-order chi connectivity index (χ1) is 16.8. The second kappa shape index (κ2) is 15.3. The Balaban J connectivity index is 0.000000328. The van der Waals surface area contributed by atoms with Gasteiger partial charge in [0.2, 0.25) is 10.0 Å². The molecule has 200 valence electrons. The Morgan fingerprint density at radius 2 is 1.69 bits per heavy atom. The minimum Gasteiger partial charge on any atom is -0.383 e. The molecule has 0 aromatic heterocycles. The zero-order valence-corrected chi connectivity index (χ0v) is 21.5. The van der Waals surface area contributed by atoms with Crippen molar-refractivity contribution in [2.45, 2.75) is 42.7 Å². The summed E-state index contributed by atoms with van der Waals surface area (Å²) in [6.45, 7) is 6.68. The number of nitrogens with one attached hydrogen (secondary N) is 3. The molecule has 0 amide bonds. The van der Waals surface area contributed by atoms with E-state index < -0.39 is 14.9 Å². The molecule has 2 aliphatic rings. The highest BCUT2D eigenvalue weighted by Crippen LogP contribution is 2.33. The van der Waals surface area contributed by atoms with Crippen LogP contribution in [0, 0.1) is 10.1 Å². The number of hydrogen-bond donors (Lipinski definition) is 4. The molecule has 0 spiro atoms. The molecule has 0 atom stereocenters. The first-order valence-electron chi connectivity index (χ1n) is 12.0. The lowest BCUT2D eigenvalue weighted by molar-refractivity contribution is -0.384. The van der Waals surface area contributed by atoms with Gasteiger partial charge in [-0.15, -0.1) is 0 Å². The SMILES string of the molecule is COCCN(c1ccc(S(N)(=O)=O)cc1[N+](=O)[O-])C1CCNCC1.COCCNC1CCNCC1. The van der Waals surface area contributed by atoms with Crippen molar-refractivity contribution in [1.82, 2.24) is 16.0 Å².